The Morgan fingerprint density at radius 3 is 2.96 bits per heavy atom. The highest BCUT2D eigenvalue weighted by atomic mass is 32.1. The smallest absolute Gasteiger partial charge is 0.138 e. The Morgan fingerprint density at radius 1 is 1.21 bits per heavy atom. The molecule has 3 heterocycles. The van der Waals surface area contributed by atoms with Crippen LogP contribution < -0.4 is 5.32 Å². The number of thiophene rings is 1. The molecule has 0 aliphatic rings. The largest absolute Gasteiger partial charge is 0.369 e. The van der Waals surface area contributed by atoms with E-state index >= 15 is 0 Å². The molecule has 3 aromatic heterocycles. The number of nitrogens with zero attached hydrogens (tertiary/aromatic N) is 3. The number of imidazole rings is 1. The fraction of sp³-hybridized carbons (Fsp3) is 0.235. The number of aromatic amines is 1. The van der Waals surface area contributed by atoms with Gasteiger partial charge >= 0.3 is 0 Å². The molecule has 5 nitrogen and oxygen atoms in total. The molecule has 4 aromatic rings. The molecule has 0 amide bonds. The lowest BCUT2D eigenvalue weighted by atomic mass is 10.2. The van der Waals surface area contributed by atoms with E-state index < -0.39 is 0 Å². The molecule has 122 valence electrons. The maximum Gasteiger partial charge on any atom is 0.138 e. The summed E-state index contributed by atoms with van der Waals surface area (Å²) >= 11 is 1.63. The van der Waals surface area contributed by atoms with Gasteiger partial charge in [0.1, 0.15) is 28.1 Å². The number of fused-ring (bicyclic) bond motifs is 2. The Balaban J connectivity index is 1.53. The molecule has 0 saturated carbocycles. The van der Waals surface area contributed by atoms with Crippen molar-refractivity contribution in [2.24, 2.45) is 0 Å². The van der Waals surface area contributed by atoms with Crippen LogP contribution in [0, 0.1) is 19.7 Å². The fourth-order valence-electron chi connectivity index (χ4n) is 2.77. The Labute approximate surface area is 142 Å². The first-order valence-electron chi connectivity index (χ1n) is 7.70. The number of hydrogen-bond donors (Lipinski definition) is 2. The van der Waals surface area contributed by atoms with E-state index in [0.717, 1.165) is 38.7 Å². The summed E-state index contributed by atoms with van der Waals surface area (Å²) in [5, 5.41) is 6.56. The van der Waals surface area contributed by atoms with E-state index in [0.29, 0.717) is 13.0 Å². The third-order valence-electron chi connectivity index (χ3n) is 3.88. The van der Waals surface area contributed by atoms with Gasteiger partial charge in [-0.2, -0.15) is 0 Å². The van der Waals surface area contributed by atoms with E-state index in [1.807, 2.05) is 6.92 Å². The minimum Gasteiger partial charge on any atom is -0.369 e. The van der Waals surface area contributed by atoms with E-state index in [2.05, 4.69) is 37.6 Å². The molecule has 4 rings (SSSR count). The first-order valence-corrected chi connectivity index (χ1v) is 8.58. The lowest BCUT2D eigenvalue weighted by Crippen LogP contribution is -2.08. The second kappa shape index (κ2) is 5.83. The van der Waals surface area contributed by atoms with Crippen LogP contribution in [0.3, 0.4) is 0 Å². The Bertz CT molecular complexity index is 1040. The topological polar surface area (TPSA) is 66.5 Å². The first kappa shape index (κ1) is 15.0. The van der Waals surface area contributed by atoms with Gasteiger partial charge in [0.05, 0.1) is 16.4 Å². The molecule has 0 aliphatic heterocycles. The molecular weight excluding hydrogens is 325 g/mol. The summed E-state index contributed by atoms with van der Waals surface area (Å²) in [7, 11) is 0. The van der Waals surface area contributed by atoms with Gasteiger partial charge in [0.2, 0.25) is 0 Å². The number of H-pyrrole nitrogens is 1. The summed E-state index contributed by atoms with van der Waals surface area (Å²) in [5.74, 6) is 2.18. The molecule has 7 heteroatoms. The minimum absolute atomic E-state index is 0.261. The molecule has 2 N–H and O–H groups in total. The Kier molecular flexibility index (Phi) is 3.65. The molecule has 0 spiro atoms. The summed E-state index contributed by atoms with van der Waals surface area (Å²) in [6.45, 7) is 4.65. The average molecular weight is 341 g/mol. The summed E-state index contributed by atoms with van der Waals surface area (Å²) in [6, 6.07) is 4.57. The van der Waals surface area contributed by atoms with Crippen LogP contribution in [0.15, 0.2) is 23.6 Å². The number of benzene rings is 1. The van der Waals surface area contributed by atoms with Crippen molar-refractivity contribution in [1.82, 2.24) is 19.9 Å². The van der Waals surface area contributed by atoms with Gasteiger partial charge in [0, 0.05) is 13.0 Å². The van der Waals surface area contributed by atoms with Crippen molar-refractivity contribution in [2.45, 2.75) is 20.3 Å². The highest BCUT2D eigenvalue weighted by Gasteiger charge is 2.10. The molecule has 0 saturated heterocycles. The first-order chi connectivity index (χ1) is 11.6. The number of aryl methyl sites for hydroxylation is 2. The summed E-state index contributed by atoms with van der Waals surface area (Å²) in [5.41, 5.74) is 2.68. The molecule has 0 aliphatic carbocycles. The van der Waals surface area contributed by atoms with Crippen molar-refractivity contribution >= 4 is 38.4 Å². The molecule has 0 fully saturated rings. The molecule has 0 radical (unpaired) electrons. The van der Waals surface area contributed by atoms with Crippen molar-refractivity contribution in [2.75, 3.05) is 11.9 Å². The monoisotopic (exact) mass is 341 g/mol. The number of aromatic nitrogens is 4. The number of rotatable bonds is 4. The van der Waals surface area contributed by atoms with Gasteiger partial charge in [-0.3, -0.25) is 0 Å². The molecule has 0 atom stereocenters. The van der Waals surface area contributed by atoms with Crippen molar-refractivity contribution < 1.29 is 4.39 Å². The van der Waals surface area contributed by atoms with Crippen LogP contribution in [0.5, 0.6) is 0 Å². The normalized spacial score (nSPS) is 11.5. The molecular formula is C17H16FN5S. The average Bonchev–Trinajstić information content (AvgIpc) is 3.10. The van der Waals surface area contributed by atoms with E-state index in [1.165, 1.54) is 17.7 Å². The zero-order valence-electron chi connectivity index (χ0n) is 13.4. The van der Waals surface area contributed by atoms with Gasteiger partial charge in [-0.05, 0) is 43.0 Å². The lowest BCUT2D eigenvalue weighted by molar-refractivity contribution is 0.629. The zero-order valence-corrected chi connectivity index (χ0v) is 14.2. The predicted octanol–water partition coefficient (Wildman–Crippen LogP) is 3.98. The van der Waals surface area contributed by atoms with Crippen molar-refractivity contribution in [3.63, 3.8) is 0 Å². The van der Waals surface area contributed by atoms with Crippen molar-refractivity contribution in [1.29, 1.82) is 0 Å². The van der Waals surface area contributed by atoms with Crippen molar-refractivity contribution in [3.05, 3.63) is 46.6 Å². The number of halogens is 1. The quantitative estimate of drug-likeness (QED) is 0.589. The van der Waals surface area contributed by atoms with Crippen LogP contribution in [-0.4, -0.2) is 26.5 Å². The Hall–Kier alpha value is -2.54. The van der Waals surface area contributed by atoms with E-state index in [1.54, 1.807) is 17.4 Å². The summed E-state index contributed by atoms with van der Waals surface area (Å²) in [4.78, 5) is 17.6. The molecule has 0 unspecified atom stereocenters. The summed E-state index contributed by atoms with van der Waals surface area (Å²) < 4.78 is 13.2. The standard InChI is InChI=1S/C17H16FN5S/c1-9-8-24-17-15(9)16(20-10(2)21-17)19-6-5-14-22-12-4-3-11(18)7-13(12)23-14/h3-4,7-8H,5-6H2,1-2H3,(H,22,23)(H,19,20,21). The highest BCUT2D eigenvalue weighted by molar-refractivity contribution is 7.17. The molecule has 24 heavy (non-hydrogen) atoms. The predicted molar refractivity (Wildman–Crippen MR) is 95.1 cm³/mol. The molecule has 1 aromatic carbocycles. The highest BCUT2D eigenvalue weighted by Crippen LogP contribution is 2.29. The minimum atomic E-state index is -0.261. The van der Waals surface area contributed by atoms with Crippen LogP contribution in [0.1, 0.15) is 17.2 Å². The summed E-state index contributed by atoms with van der Waals surface area (Å²) in [6.07, 6.45) is 0.698. The third kappa shape index (κ3) is 2.71. The maximum atomic E-state index is 13.2. The van der Waals surface area contributed by atoms with Gasteiger partial charge < -0.3 is 10.3 Å². The van der Waals surface area contributed by atoms with Gasteiger partial charge in [-0.25, -0.2) is 19.3 Å². The number of hydrogen-bond acceptors (Lipinski definition) is 5. The van der Waals surface area contributed by atoms with Crippen LogP contribution in [0.2, 0.25) is 0 Å². The van der Waals surface area contributed by atoms with Crippen LogP contribution in [0.4, 0.5) is 10.2 Å². The van der Waals surface area contributed by atoms with Gasteiger partial charge in [0.15, 0.2) is 0 Å². The van der Waals surface area contributed by atoms with Crippen molar-refractivity contribution in [3.8, 4) is 0 Å². The lowest BCUT2D eigenvalue weighted by Gasteiger charge is -2.07. The Morgan fingerprint density at radius 2 is 2.08 bits per heavy atom. The van der Waals surface area contributed by atoms with E-state index in [-0.39, 0.29) is 5.82 Å². The van der Waals surface area contributed by atoms with Gasteiger partial charge in [-0.15, -0.1) is 11.3 Å². The maximum absolute atomic E-state index is 13.2. The third-order valence-corrected chi connectivity index (χ3v) is 4.87. The second-order valence-electron chi connectivity index (χ2n) is 5.74. The SMILES string of the molecule is Cc1nc(NCCc2nc3ccc(F)cc3[nH]2)c2c(C)csc2n1. The number of nitrogens with one attached hydrogen (secondary N) is 2. The number of anilines is 1. The van der Waals surface area contributed by atoms with Gasteiger partial charge in [0.25, 0.3) is 0 Å². The second-order valence-corrected chi connectivity index (χ2v) is 6.60. The van der Waals surface area contributed by atoms with Gasteiger partial charge in [-0.1, -0.05) is 0 Å². The van der Waals surface area contributed by atoms with Crippen LogP contribution in [0.25, 0.3) is 21.3 Å². The van der Waals surface area contributed by atoms with Crippen LogP contribution >= 0.6 is 11.3 Å². The van der Waals surface area contributed by atoms with Crippen LogP contribution in [-0.2, 0) is 6.42 Å². The zero-order chi connectivity index (χ0) is 16.7. The van der Waals surface area contributed by atoms with E-state index in [4.69, 9.17) is 0 Å². The molecule has 0 bridgehead atoms. The van der Waals surface area contributed by atoms with E-state index in [9.17, 15) is 4.39 Å². The fourth-order valence-corrected chi connectivity index (χ4v) is 3.74.